The van der Waals surface area contributed by atoms with E-state index in [-0.39, 0.29) is 24.7 Å². The van der Waals surface area contributed by atoms with Crippen LogP contribution < -0.4 is 4.74 Å². The number of aliphatic hydroxyl groups is 1. The van der Waals surface area contributed by atoms with Crippen LogP contribution in [0.15, 0.2) is 24.3 Å². The fourth-order valence-electron chi connectivity index (χ4n) is 3.00. The van der Waals surface area contributed by atoms with Crippen molar-refractivity contribution in [1.82, 2.24) is 4.90 Å². The highest BCUT2D eigenvalue weighted by atomic mass is 35.5. The largest absolute Gasteiger partial charge is 0.482 e. The quantitative estimate of drug-likeness (QED) is 0.929. The maximum atomic E-state index is 12.4. The minimum atomic E-state index is -0.274. The molecule has 1 aromatic carbocycles. The number of carbonyl (C=O) groups excluding carboxylic acids is 1. The number of nitrogens with zero attached hydrogens (tertiary/aromatic N) is 1. The first-order chi connectivity index (χ1) is 10.1. The van der Waals surface area contributed by atoms with Gasteiger partial charge in [0.2, 0.25) is 0 Å². The highest BCUT2D eigenvalue weighted by molar-refractivity contribution is 6.32. The number of likely N-dealkylation sites (tertiary alicyclic amines) is 1. The zero-order valence-electron chi connectivity index (χ0n) is 11.9. The average molecular weight is 310 g/mol. The van der Waals surface area contributed by atoms with Gasteiger partial charge < -0.3 is 14.7 Å². The van der Waals surface area contributed by atoms with Gasteiger partial charge in [-0.2, -0.15) is 0 Å². The number of ether oxygens (including phenoxy) is 1. The molecule has 1 N–H and O–H groups in total. The summed E-state index contributed by atoms with van der Waals surface area (Å²) in [7, 11) is 0. The molecule has 1 heterocycles. The molecule has 0 unspecified atom stereocenters. The van der Waals surface area contributed by atoms with Crippen LogP contribution in [-0.4, -0.2) is 41.2 Å². The van der Waals surface area contributed by atoms with Crippen molar-refractivity contribution in [3.63, 3.8) is 0 Å². The van der Waals surface area contributed by atoms with Crippen molar-refractivity contribution in [2.45, 2.75) is 37.8 Å². The van der Waals surface area contributed by atoms with Gasteiger partial charge in [-0.15, -0.1) is 0 Å². The van der Waals surface area contributed by atoms with Crippen molar-refractivity contribution >= 4 is 17.5 Å². The molecule has 21 heavy (non-hydrogen) atoms. The molecule has 2 atom stereocenters. The lowest BCUT2D eigenvalue weighted by Gasteiger charge is -2.38. The zero-order valence-corrected chi connectivity index (χ0v) is 12.6. The number of rotatable bonds is 4. The summed E-state index contributed by atoms with van der Waals surface area (Å²) in [5, 5.41) is 10.3. The number of carbonyl (C=O) groups is 1. The molecular formula is C16H20ClNO3. The normalized spacial score (nSPS) is 25.7. The van der Waals surface area contributed by atoms with Crippen LogP contribution in [-0.2, 0) is 4.79 Å². The number of halogens is 1. The molecule has 5 heteroatoms. The van der Waals surface area contributed by atoms with E-state index in [4.69, 9.17) is 16.3 Å². The van der Waals surface area contributed by atoms with Crippen LogP contribution in [0.3, 0.4) is 0 Å². The highest BCUT2D eigenvalue weighted by Crippen LogP contribution is 2.39. The standard InChI is InChI=1S/C16H20ClNO3/c17-13-3-1-2-4-15(13)21-10-16(20)18-8-7-12(19)9-14(18)11-5-6-11/h1-4,11-12,14,19H,5-10H2/t12-,14+/m0/s1. The monoisotopic (exact) mass is 309 g/mol. The molecule has 114 valence electrons. The lowest BCUT2D eigenvalue weighted by Crippen LogP contribution is -2.50. The van der Waals surface area contributed by atoms with Crippen molar-refractivity contribution in [2.24, 2.45) is 5.92 Å². The Morgan fingerprint density at radius 1 is 1.33 bits per heavy atom. The molecule has 1 saturated carbocycles. The fourth-order valence-corrected chi connectivity index (χ4v) is 3.19. The number of amides is 1. The van der Waals surface area contributed by atoms with Crippen LogP contribution in [0.4, 0.5) is 0 Å². The Morgan fingerprint density at radius 3 is 2.81 bits per heavy atom. The smallest absolute Gasteiger partial charge is 0.260 e. The van der Waals surface area contributed by atoms with Crippen molar-refractivity contribution in [3.05, 3.63) is 29.3 Å². The van der Waals surface area contributed by atoms with Gasteiger partial charge in [0.15, 0.2) is 6.61 Å². The van der Waals surface area contributed by atoms with Gasteiger partial charge in [0.1, 0.15) is 5.75 Å². The first-order valence-electron chi connectivity index (χ1n) is 7.50. The molecule has 0 aromatic heterocycles. The molecule has 4 nitrogen and oxygen atoms in total. The third-order valence-corrected chi connectivity index (χ3v) is 4.60. The van der Waals surface area contributed by atoms with E-state index in [0.717, 1.165) is 12.8 Å². The maximum Gasteiger partial charge on any atom is 0.260 e. The number of piperidine rings is 1. The van der Waals surface area contributed by atoms with Crippen LogP contribution in [0.2, 0.25) is 5.02 Å². The molecule has 2 aliphatic rings. The predicted octanol–water partition coefficient (Wildman–Crippen LogP) is 2.48. The number of hydrogen-bond acceptors (Lipinski definition) is 3. The molecule has 1 amide bonds. The van der Waals surface area contributed by atoms with Gasteiger partial charge in [-0.1, -0.05) is 23.7 Å². The molecule has 0 spiro atoms. The molecule has 1 aromatic rings. The van der Waals surface area contributed by atoms with E-state index in [1.54, 1.807) is 12.1 Å². The Morgan fingerprint density at radius 2 is 2.10 bits per heavy atom. The van der Waals surface area contributed by atoms with E-state index in [1.165, 1.54) is 0 Å². The molecule has 1 saturated heterocycles. The molecule has 1 aliphatic carbocycles. The van der Waals surface area contributed by atoms with Crippen molar-refractivity contribution in [2.75, 3.05) is 13.2 Å². The molecule has 1 aliphatic heterocycles. The van der Waals surface area contributed by atoms with Gasteiger partial charge in [-0.05, 0) is 43.7 Å². The van der Waals surface area contributed by atoms with Gasteiger partial charge >= 0.3 is 0 Å². The second-order valence-electron chi connectivity index (χ2n) is 5.89. The van der Waals surface area contributed by atoms with E-state index in [9.17, 15) is 9.90 Å². The Kier molecular flexibility index (Phi) is 4.36. The summed E-state index contributed by atoms with van der Waals surface area (Å²) in [4.78, 5) is 14.3. The van der Waals surface area contributed by atoms with Crippen LogP contribution in [0.5, 0.6) is 5.75 Å². The van der Waals surface area contributed by atoms with E-state index in [1.807, 2.05) is 17.0 Å². The lowest BCUT2D eigenvalue weighted by atomic mass is 9.96. The van der Waals surface area contributed by atoms with E-state index < -0.39 is 0 Å². The molecule has 2 fully saturated rings. The van der Waals surface area contributed by atoms with Gasteiger partial charge in [-0.3, -0.25) is 4.79 Å². The Balaban J connectivity index is 1.60. The third-order valence-electron chi connectivity index (χ3n) is 4.29. The second-order valence-corrected chi connectivity index (χ2v) is 6.30. The van der Waals surface area contributed by atoms with E-state index >= 15 is 0 Å². The topological polar surface area (TPSA) is 49.8 Å². The number of benzene rings is 1. The first kappa shape index (κ1) is 14.7. The average Bonchev–Trinajstić information content (AvgIpc) is 3.30. The molecule has 3 rings (SSSR count). The van der Waals surface area contributed by atoms with Gasteiger partial charge in [0.05, 0.1) is 11.1 Å². The fraction of sp³-hybridized carbons (Fsp3) is 0.562. The van der Waals surface area contributed by atoms with Gasteiger partial charge in [0.25, 0.3) is 5.91 Å². The molecule has 0 radical (unpaired) electrons. The Labute approximate surface area is 129 Å². The van der Waals surface area contributed by atoms with Crippen LogP contribution in [0.1, 0.15) is 25.7 Å². The summed E-state index contributed by atoms with van der Waals surface area (Å²) < 4.78 is 5.54. The molecule has 0 bridgehead atoms. The highest BCUT2D eigenvalue weighted by Gasteiger charge is 2.40. The van der Waals surface area contributed by atoms with Gasteiger partial charge in [0, 0.05) is 12.6 Å². The minimum absolute atomic E-state index is 0.00302. The van der Waals surface area contributed by atoms with E-state index in [2.05, 4.69) is 0 Å². The van der Waals surface area contributed by atoms with E-state index in [0.29, 0.717) is 36.1 Å². The summed E-state index contributed by atoms with van der Waals surface area (Å²) in [6.45, 7) is 0.621. The van der Waals surface area contributed by atoms with Crippen molar-refractivity contribution in [1.29, 1.82) is 0 Å². The van der Waals surface area contributed by atoms with Crippen molar-refractivity contribution in [3.8, 4) is 5.75 Å². The number of hydrogen-bond donors (Lipinski definition) is 1. The van der Waals surface area contributed by atoms with Crippen LogP contribution >= 0.6 is 11.6 Å². The minimum Gasteiger partial charge on any atom is -0.482 e. The predicted molar refractivity (Wildman–Crippen MR) is 80.4 cm³/mol. The maximum absolute atomic E-state index is 12.4. The van der Waals surface area contributed by atoms with Crippen LogP contribution in [0, 0.1) is 5.92 Å². The van der Waals surface area contributed by atoms with Gasteiger partial charge in [-0.25, -0.2) is 0 Å². The molecular weight excluding hydrogens is 290 g/mol. The summed E-state index contributed by atoms with van der Waals surface area (Å²) in [6, 6.07) is 7.33. The third kappa shape index (κ3) is 3.50. The van der Waals surface area contributed by atoms with Crippen LogP contribution in [0.25, 0.3) is 0 Å². The number of aliphatic hydroxyl groups excluding tert-OH is 1. The first-order valence-corrected chi connectivity index (χ1v) is 7.88. The zero-order chi connectivity index (χ0) is 14.8. The summed E-state index contributed by atoms with van der Waals surface area (Å²) in [5.74, 6) is 1.08. The lowest BCUT2D eigenvalue weighted by molar-refractivity contribution is -0.139. The summed E-state index contributed by atoms with van der Waals surface area (Å²) in [6.07, 6.45) is 3.40. The summed E-state index contributed by atoms with van der Waals surface area (Å²) >= 11 is 6.02. The Bertz CT molecular complexity index is 518. The second kappa shape index (κ2) is 6.24. The Hall–Kier alpha value is -1.26. The SMILES string of the molecule is O=C(COc1ccccc1Cl)N1CC[C@H](O)C[C@@H]1C1CC1. The number of para-hydroxylation sites is 1. The van der Waals surface area contributed by atoms with Crippen molar-refractivity contribution < 1.29 is 14.6 Å². The summed E-state index contributed by atoms with van der Waals surface area (Å²) in [5.41, 5.74) is 0.